The number of carbonyl (C=O) groups is 1. The van der Waals surface area contributed by atoms with Crippen LogP contribution >= 0.6 is 0 Å². The van der Waals surface area contributed by atoms with Gasteiger partial charge in [-0.15, -0.1) is 0 Å². The van der Waals surface area contributed by atoms with Crippen LogP contribution < -0.4 is 5.32 Å². The lowest BCUT2D eigenvalue weighted by molar-refractivity contribution is -0.385. The van der Waals surface area contributed by atoms with Gasteiger partial charge in [0.2, 0.25) is 15.9 Å². The molecule has 0 saturated carbocycles. The first kappa shape index (κ1) is 15.4. The third kappa shape index (κ3) is 2.74. The third-order valence-corrected chi connectivity index (χ3v) is 5.52. The molecular weight excluding hydrogens is 298 g/mol. The number of hydrogen-bond acceptors (Lipinski definition) is 5. The van der Waals surface area contributed by atoms with Crippen molar-refractivity contribution >= 4 is 21.6 Å². The van der Waals surface area contributed by atoms with Gasteiger partial charge in [0.25, 0.3) is 5.69 Å². The zero-order valence-corrected chi connectivity index (χ0v) is 12.4. The van der Waals surface area contributed by atoms with E-state index >= 15 is 0 Å². The van der Waals surface area contributed by atoms with Crippen molar-refractivity contribution in [2.45, 2.75) is 24.8 Å². The molecular formula is C12H15N3O5S. The van der Waals surface area contributed by atoms with Gasteiger partial charge in [0.05, 0.1) is 9.82 Å². The summed E-state index contributed by atoms with van der Waals surface area (Å²) in [5.41, 5.74) is 0.104. The number of amides is 1. The Morgan fingerprint density at radius 1 is 1.43 bits per heavy atom. The second-order valence-electron chi connectivity index (χ2n) is 4.79. The molecule has 0 spiro atoms. The van der Waals surface area contributed by atoms with Crippen LogP contribution in [-0.4, -0.2) is 42.7 Å². The standard InChI is InChI=1S/C12H15N3O5S/c1-8-3-4-10(15(17)18)7-11(8)21(19,20)14-6-5-13-12(16)9(14)2/h3-4,7,9H,5-6H2,1-2H3,(H,13,16). The molecule has 1 aromatic carbocycles. The fourth-order valence-electron chi connectivity index (χ4n) is 2.20. The Morgan fingerprint density at radius 3 is 2.71 bits per heavy atom. The Morgan fingerprint density at radius 2 is 2.10 bits per heavy atom. The molecule has 1 saturated heterocycles. The summed E-state index contributed by atoms with van der Waals surface area (Å²) in [6, 6.07) is 2.83. The summed E-state index contributed by atoms with van der Waals surface area (Å²) in [5.74, 6) is -0.382. The molecule has 1 aromatic rings. The maximum atomic E-state index is 12.7. The number of sulfonamides is 1. The monoisotopic (exact) mass is 313 g/mol. The van der Waals surface area contributed by atoms with Crippen molar-refractivity contribution < 1.29 is 18.1 Å². The van der Waals surface area contributed by atoms with Crippen molar-refractivity contribution in [3.63, 3.8) is 0 Å². The molecule has 1 amide bonds. The van der Waals surface area contributed by atoms with Gasteiger partial charge in [-0.05, 0) is 19.4 Å². The number of piperazine rings is 1. The molecule has 0 aliphatic carbocycles. The Bertz CT molecular complexity index is 701. The van der Waals surface area contributed by atoms with E-state index in [1.165, 1.54) is 19.1 Å². The molecule has 9 heteroatoms. The zero-order valence-electron chi connectivity index (χ0n) is 11.6. The van der Waals surface area contributed by atoms with Gasteiger partial charge in [-0.1, -0.05) is 6.07 Å². The van der Waals surface area contributed by atoms with Crippen LogP contribution in [0.3, 0.4) is 0 Å². The molecule has 1 fully saturated rings. The number of non-ortho nitro benzene ring substituents is 1. The molecule has 0 radical (unpaired) electrons. The van der Waals surface area contributed by atoms with Crippen molar-refractivity contribution in [3.8, 4) is 0 Å². The highest BCUT2D eigenvalue weighted by atomic mass is 32.2. The number of benzene rings is 1. The normalized spacial score (nSPS) is 20.1. The molecule has 1 unspecified atom stereocenters. The first-order chi connectivity index (χ1) is 9.75. The number of nitro benzene ring substituents is 1. The quantitative estimate of drug-likeness (QED) is 0.642. The first-order valence-electron chi connectivity index (χ1n) is 6.29. The van der Waals surface area contributed by atoms with Gasteiger partial charge >= 0.3 is 0 Å². The van der Waals surface area contributed by atoms with Gasteiger partial charge in [-0.3, -0.25) is 14.9 Å². The van der Waals surface area contributed by atoms with Gasteiger partial charge in [0, 0.05) is 25.2 Å². The van der Waals surface area contributed by atoms with Crippen molar-refractivity contribution in [3.05, 3.63) is 33.9 Å². The molecule has 2 rings (SSSR count). The van der Waals surface area contributed by atoms with E-state index in [-0.39, 0.29) is 29.6 Å². The summed E-state index contributed by atoms with van der Waals surface area (Å²) in [6.07, 6.45) is 0. The molecule has 114 valence electrons. The summed E-state index contributed by atoms with van der Waals surface area (Å²) in [7, 11) is -3.96. The van der Waals surface area contributed by atoms with Crippen molar-refractivity contribution in [2.75, 3.05) is 13.1 Å². The Hall–Kier alpha value is -2.00. The van der Waals surface area contributed by atoms with Crippen LogP contribution in [0.15, 0.2) is 23.1 Å². The molecule has 1 aliphatic heterocycles. The summed E-state index contributed by atoms with van der Waals surface area (Å²) in [6.45, 7) is 3.40. The minimum absolute atomic E-state index is 0.136. The predicted octanol–water partition coefficient (Wildman–Crippen LogP) is 0.412. The summed E-state index contributed by atoms with van der Waals surface area (Å²) in [4.78, 5) is 21.6. The number of hydrogen-bond donors (Lipinski definition) is 1. The lowest BCUT2D eigenvalue weighted by Gasteiger charge is -2.32. The number of carbonyl (C=O) groups excluding carboxylic acids is 1. The highest BCUT2D eigenvalue weighted by molar-refractivity contribution is 7.89. The van der Waals surface area contributed by atoms with E-state index in [0.717, 1.165) is 10.4 Å². The number of nitrogens with zero attached hydrogens (tertiary/aromatic N) is 2. The number of nitrogens with one attached hydrogen (secondary N) is 1. The van der Waals surface area contributed by atoms with E-state index in [1.54, 1.807) is 6.92 Å². The Labute approximate surface area is 122 Å². The van der Waals surface area contributed by atoms with Gasteiger partial charge in [0.15, 0.2) is 0 Å². The molecule has 1 atom stereocenters. The summed E-state index contributed by atoms with van der Waals surface area (Å²) >= 11 is 0. The van der Waals surface area contributed by atoms with Crippen molar-refractivity contribution in [1.29, 1.82) is 0 Å². The first-order valence-corrected chi connectivity index (χ1v) is 7.74. The average Bonchev–Trinajstić information content (AvgIpc) is 2.41. The van der Waals surface area contributed by atoms with E-state index in [9.17, 15) is 23.3 Å². The van der Waals surface area contributed by atoms with Crippen LogP contribution in [0.2, 0.25) is 0 Å². The summed E-state index contributed by atoms with van der Waals surface area (Å²) < 4.78 is 26.4. The van der Waals surface area contributed by atoms with Gasteiger partial charge < -0.3 is 5.32 Å². The lowest BCUT2D eigenvalue weighted by atomic mass is 10.2. The predicted molar refractivity (Wildman–Crippen MR) is 74.2 cm³/mol. The van der Waals surface area contributed by atoms with Crippen molar-refractivity contribution in [1.82, 2.24) is 9.62 Å². The molecule has 1 heterocycles. The summed E-state index contributed by atoms with van der Waals surface area (Å²) in [5, 5.41) is 13.4. The number of aryl methyl sites for hydroxylation is 1. The fourth-order valence-corrected chi connectivity index (χ4v) is 4.04. The lowest BCUT2D eigenvalue weighted by Crippen LogP contribution is -2.55. The second kappa shape index (κ2) is 5.41. The molecule has 1 N–H and O–H groups in total. The van der Waals surface area contributed by atoms with Crippen LogP contribution in [0.5, 0.6) is 0 Å². The average molecular weight is 313 g/mol. The number of rotatable bonds is 3. The highest BCUT2D eigenvalue weighted by Crippen LogP contribution is 2.26. The molecule has 8 nitrogen and oxygen atoms in total. The van der Waals surface area contributed by atoms with Crippen LogP contribution in [0.4, 0.5) is 5.69 Å². The zero-order chi connectivity index (χ0) is 15.8. The maximum absolute atomic E-state index is 12.7. The Balaban J connectivity index is 2.51. The second-order valence-corrected chi connectivity index (χ2v) is 6.65. The van der Waals surface area contributed by atoms with E-state index < -0.39 is 21.0 Å². The largest absolute Gasteiger partial charge is 0.353 e. The van der Waals surface area contributed by atoms with Crippen LogP contribution in [0.25, 0.3) is 0 Å². The minimum Gasteiger partial charge on any atom is -0.353 e. The third-order valence-electron chi connectivity index (χ3n) is 3.41. The van der Waals surface area contributed by atoms with E-state index in [2.05, 4.69) is 5.32 Å². The fraction of sp³-hybridized carbons (Fsp3) is 0.417. The Kier molecular flexibility index (Phi) is 3.97. The smallest absolute Gasteiger partial charge is 0.270 e. The molecule has 0 aromatic heterocycles. The topological polar surface area (TPSA) is 110 Å². The van der Waals surface area contributed by atoms with Crippen LogP contribution in [0, 0.1) is 17.0 Å². The highest BCUT2D eigenvalue weighted by Gasteiger charge is 2.36. The van der Waals surface area contributed by atoms with Gasteiger partial charge in [-0.2, -0.15) is 4.31 Å². The van der Waals surface area contributed by atoms with Gasteiger partial charge in [-0.25, -0.2) is 8.42 Å². The van der Waals surface area contributed by atoms with E-state index in [0.29, 0.717) is 5.56 Å². The maximum Gasteiger partial charge on any atom is 0.270 e. The van der Waals surface area contributed by atoms with Gasteiger partial charge in [0.1, 0.15) is 6.04 Å². The van der Waals surface area contributed by atoms with Crippen molar-refractivity contribution in [2.24, 2.45) is 0 Å². The molecule has 1 aliphatic rings. The van der Waals surface area contributed by atoms with Crippen LogP contribution in [0.1, 0.15) is 12.5 Å². The van der Waals surface area contributed by atoms with Crippen LogP contribution in [-0.2, 0) is 14.8 Å². The molecule has 0 bridgehead atoms. The van der Waals surface area contributed by atoms with E-state index in [1.807, 2.05) is 0 Å². The minimum atomic E-state index is -3.96. The SMILES string of the molecule is Cc1ccc([N+](=O)[O-])cc1S(=O)(=O)N1CCNC(=O)C1C. The molecule has 21 heavy (non-hydrogen) atoms. The number of nitro groups is 1. The van der Waals surface area contributed by atoms with E-state index in [4.69, 9.17) is 0 Å².